The summed E-state index contributed by atoms with van der Waals surface area (Å²) in [5.41, 5.74) is 0.194. The third-order valence-electron chi connectivity index (χ3n) is 3.26. The molecular formula is C17H16F3NO3. The Balaban J connectivity index is 2.14. The lowest BCUT2D eigenvalue weighted by Gasteiger charge is -2.12. The number of aliphatic hydroxyl groups is 1. The van der Waals surface area contributed by atoms with E-state index in [-0.39, 0.29) is 12.2 Å². The summed E-state index contributed by atoms with van der Waals surface area (Å²) in [4.78, 5) is 12.1. The second kappa shape index (κ2) is 7.35. The topological polar surface area (TPSA) is 58.6 Å². The molecule has 4 nitrogen and oxygen atoms in total. The van der Waals surface area contributed by atoms with Crippen molar-refractivity contribution in [2.24, 2.45) is 0 Å². The van der Waals surface area contributed by atoms with Crippen molar-refractivity contribution < 1.29 is 27.8 Å². The van der Waals surface area contributed by atoms with Crippen molar-refractivity contribution in [2.45, 2.75) is 19.7 Å². The SMILES string of the molecule is CCOc1ccc(NC(=O)c2ccc(C(F)(F)F)cc2)cc1CO. The van der Waals surface area contributed by atoms with Crippen molar-refractivity contribution in [1.82, 2.24) is 0 Å². The van der Waals surface area contributed by atoms with Crippen LogP contribution in [0, 0.1) is 0 Å². The molecule has 0 saturated heterocycles. The average Bonchev–Trinajstić information content (AvgIpc) is 2.55. The Bertz CT molecular complexity index is 712. The van der Waals surface area contributed by atoms with Gasteiger partial charge in [0.15, 0.2) is 0 Å². The number of halogens is 3. The Labute approximate surface area is 136 Å². The van der Waals surface area contributed by atoms with Crippen molar-refractivity contribution in [2.75, 3.05) is 11.9 Å². The van der Waals surface area contributed by atoms with Gasteiger partial charge in [-0.15, -0.1) is 0 Å². The summed E-state index contributed by atoms with van der Waals surface area (Å²) in [5, 5.41) is 11.9. The Hall–Kier alpha value is -2.54. The second-order valence-electron chi connectivity index (χ2n) is 4.94. The average molecular weight is 339 g/mol. The van der Waals surface area contributed by atoms with E-state index in [0.29, 0.717) is 23.6 Å². The van der Waals surface area contributed by atoms with Crippen LogP contribution < -0.4 is 10.1 Å². The number of rotatable bonds is 5. The van der Waals surface area contributed by atoms with Crippen LogP contribution in [-0.2, 0) is 12.8 Å². The van der Waals surface area contributed by atoms with Crippen molar-refractivity contribution >= 4 is 11.6 Å². The van der Waals surface area contributed by atoms with E-state index in [1.807, 2.05) is 0 Å². The van der Waals surface area contributed by atoms with Gasteiger partial charge in [-0.1, -0.05) is 0 Å². The number of nitrogens with one attached hydrogen (secondary N) is 1. The maximum Gasteiger partial charge on any atom is 0.416 e. The summed E-state index contributed by atoms with van der Waals surface area (Å²) in [6.07, 6.45) is -4.44. The highest BCUT2D eigenvalue weighted by Crippen LogP contribution is 2.29. The normalized spacial score (nSPS) is 11.2. The minimum absolute atomic E-state index is 0.0995. The molecule has 7 heteroatoms. The highest BCUT2D eigenvalue weighted by atomic mass is 19.4. The Morgan fingerprint density at radius 2 is 1.83 bits per heavy atom. The van der Waals surface area contributed by atoms with Crippen LogP contribution in [0.4, 0.5) is 18.9 Å². The predicted octanol–water partition coefficient (Wildman–Crippen LogP) is 3.85. The van der Waals surface area contributed by atoms with Gasteiger partial charge in [-0.25, -0.2) is 0 Å². The largest absolute Gasteiger partial charge is 0.494 e. The molecule has 0 fully saturated rings. The molecule has 0 radical (unpaired) electrons. The number of benzene rings is 2. The first-order valence-corrected chi connectivity index (χ1v) is 7.20. The number of amides is 1. The maximum absolute atomic E-state index is 12.5. The van der Waals surface area contributed by atoms with Crippen molar-refractivity contribution in [1.29, 1.82) is 0 Å². The molecule has 24 heavy (non-hydrogen) atoms. The summed E-state index contributed by atoms with van der Waals surface area (Å²) in [6, 6.07) is 8.67. The van der Waals surface area contributed by atoms with E-state index >= 15 is 0 Å². The van der Waals surface area contributed by atoms with Crippen LogP contribution in [0.3, 0.4) is 0 Å². The second-order valence-corrected chi connectivity index (χ2v) is 4.94. The Kier molecular flexibility index (Phi) is 5.46. The van der Waals surface area contributed by atoms with Crippen LogP contribution in [0.15, 0.2) is 42.5 Å². The monoisotopic (exact) mass is 339 g/mol. The quantitative estimate of drug-likeness (QED) is 0.870. The molecule has 2 rings (SSSR count). The molecular weight excluding hydrogens is 323 g/mol. The van der Waals surface area contributed by atoms with E-state index in [1.54, 1.807) is 25.1 Å². The van der Waals surface area contributed by atoms with Crippen LogP contribution in [-0.4, -0.2) is 17.6 Å². The fourth-order valence-corrected chi connectivity index (χ4v) is 2.09. The molecule has 0 unspecified atom stereocenters. The van der Waals surface area contributed by atoms with Gasteiger partial charge in [0.25, 0.3) is 5.91 Å². The highest BCUT2D eigenvalue weighted by Gasteiger charge is 2.30. The van der Waals surface area contributed by atoms with Gasteiger partial charge in [-0.2, -0.15) is 13.2 Å². The predicted molar refractivity (Wildman–Crippen MR) is 82.9 cm³/mol. The number of ether oxygens (including phenoxy) is 1. The zero-order chi connectivity index (χ0) is 17.7. The minimum atomic E-state index is -4.44. The number of anilines is 1. The third-order valence-corrected chi connectivity index (χ3v) is 3.26. The first-order chi connectivity index (χ1) is 11.3. The molecule has 0 aromatic heterocycles. The van der Waals surface area contributed by atoms with E-state index in [9.17, 15) is 23.1 Å². The lowest BCUT2D eigenvalue weighted by atomic mass is 10.1. The lowest BCUT2D eigenvalue weighted by Crippen LogP contribution is -2.13. The molecule has 0 bridgehead atoms. The number of alkyl halides is 3. The first-order valence-electron chi connectivity index (χ1n) is 7.20. The Morgan fingerprint density at radius 3 is 2.38 bits per heavy atom. The van der Waals surface area contributed by atoms with Gasteiger partial charge in [0.05, 0.1) is 18.8 Å². The fourth-order valence-electron chi connectivity index (χ4n) is 2.09. The molecule has 128 valence electrons. The highest BCUT2D eigenvalue weighted by molar-refractivity contribution is 6.04. The zero-order valence-corrected chi connectivity index (χ0v) is 12.9. The molecule has 2 N–H and O–H groups in total. The molecule has 1 amide bonds. The van der Waals surface area contributed by atoms with Crippen molar-refractivity contribution in [3.63, 3.8) is 0 Å². The van der Waals surface area contributed by atoms with Crippen LogP contribution >= 0.6 is 0 Å². The zero-order valence-electron chi connectivity index (χ0n) is 12.9. The van der Waals surface area contributed by atoms with Crippen LogP contribution in [0.25, 0.3) is 0 Å². The summed E-state index contributed by atoms with van der Waals surface area (Å²) in [5.74, 6) is -0.0377. The number of hydrogen-bond acceptors (Lipinski definition) is 3. The number of carbonyl (C=O) groups is 1. The van der Waals surface area contributed by atoms with Crippen molar-refractivity contribution in [3.8, 4) is 5.75 Å². The third kappa shape index (κ3) is 4.26. The molecule has 2 aromatic carbocycles. The molecule has 0 spiro atoms. The summed E-state index contributed by atoms with van der Waals surface area (Å²) < 4.78 is 42.9. The number of carbonyl (C=O) groups excluding carboxylic acids is 1. The van der Waals surface area contributed by atoms with Gasteiger partial charge in [0.2, 0.25) is 0 Å². The van der Waals surface area contributed by atoms with Gasteiger partial charge in [-0.05, 0) is 49.4 Å². The molecule has 0 heterocycles. The molecule has 0 saturated carbocycles. The molecule has 0 aliphatic carbocycles. The van der Waals surface area contributed by atoms with Gasteiger partial charge >= 0.3 is 6.18 Å². The van der Waals surface area contributed by atoms with Crippen LogP contribution in [0.2, 0.25) is 0 Å². The van der Waals surface area contributed by atoms with E-state index in [1.165, 1.54) is 0 Å². The van der Waals surface area contributed by atoms with Crippen LogP contribution in [0.1, 0.15) is 28.4 Å². The Morgan fingerprint density at radius 1 is 1.17 bits per heavy atom. The van der Waals surface area contributed by atoms with E-state index in [0.717, 1.165) is 24.3 Å². The lowest BCUT2D eigenvalue weighted by molar-refractivity contribution is -0.137. The molecule has 0 atom stereocenters. The van der Waals surface area contributed by atoms with Gasteiger partial charge < -0.3 is 15.2 Å². The molecule has 0 aliphatic rings. The number of hydrogen-bond donors (Lipinski definition) is 2. The van der Waals surface area contributed by atoms with Crippen molar-refractivity contribution in [3.05, 3.63) is 59.2 Å². The minimum Gasteiger partial charge on any atom is -0.494 e. The van der Waals surface area contributed by atoms with E-state index in [2.05, 4.69) is 5.32 Å². The summed E-state index contributed by atoms with van der Waals surface area (Å²) >= 11 is 0. The van der Waals surface area contributed by atoms with Gasteiger partial charge in [-0.3, -0.25) is 4.79 Å². The van der Waals surface area contributed by atoms with E-state index < -0.39 is 17.6 Å². The molecule has 0 aliphatic heterocycles. The standard InChI is InChI=1S/C17H16F3NO3/c1-2-24-15-8-7-14(9-12(15)10-22)21-16(23)11-3-5-13(6-4-11)17(18,19)20/h3-9,22H,2,10H2,1H3,(H,21,23). The fraction of sp³-hybridized carbons (Fsp3) is 0.235. The summed E-state index contributed by atoms with van der Waals surface area (Å²) in [6.45, 7) is 1.98. The number of aliphatic hydroxyl groups excluding tert-OH is 1. The first kappa shape index (κ1) is 17.8. The van der Waals surface area contributed by atoms with Gasteiger partial charge in [0, 0.05) is 16.8 Å². The van der Waals surface area contributed by atoms with E-state index in [4.69, 9.17) is 4.74 Å². The maximum atomic E-state index is 12.5. The molecule has 2 aromatic rings. The smallest absolute Gasteiger partial charge is 0.416 e. The van der Waals surface area contributed by atoms with Gasteiger partial charge in [0.1, 0.15) is 5.75 Å². The van der Waals surface area contributed by atoms with Crippen LogP contribution in [0.5, 0.6) is 5.75 Å². The summed E-state index contributed by atoms with van der Waals surface area (Å²) in [7, 11) is 0.